The Balaban J connectivity index is 1.96. The Kier molecular flexibility index (Phi) is 2.77. The topological polar surface area (TPSA) is 9.23 Å². The van der Waals surface area contributed by atoms with Gasteiger partial charge in [-0.2, -0.15) is 0 Å². The summed E-state index contributed by atoms with van der Waals surface area (Å²) >= 11 is 0. The summed E-state index contributed by atoms with van der Waals surface area (Å²) in [6, 6.07) is 3.44. The molecular weight excluding hydrogens is 186 g/mol. The quantitative estimate of drug-likeness (QED) is 0.725. The minimum absolute atomic E-state index is 0.175. The van der Waals surface area contributed by atoms with Crippen LogP contribution in [0.2, 0.25) is 0 Å². The van der Waals surface area contributed by atoms with E-state index in [1.165, 1.54) is 12.5 Å². The molecule has 0 amide bonds. The highest BCUT2D eigenvalue weighted by atomic mass is 19.1. The summed E-state index contributed by atoms with van der Waals surface area (Å²) in [5.41, 5.74) is 0.303. The van der Waals surface area contributed by atoms with Gasteiger partial charge in [-0.05, 0) is 37.5 Å². The second kappa shape index (κ2) is 4.05. The van der Waals surface area contributed by atoms with Crippen molar-refractivity contribution in [2.75, 3.05) is 0 Å². The summed E-state index contributed by atoms with van der Waals surface area (Å²) in [5.74, 6) is -0.815. The van der Waals surface area contributed by atoms with Crippen molar-refractivity contribution >= 4 is 0 Å². The van der Waals surface area contributed by atoms with Crippen molar-refractivity contribution in [1.82, 2.24) is 0 Å². The first-order chi connectivity index (χ1) is 6.75. The number of hydrogen-bond donors (Lipinski definition) is 0. The number of benzene rings is 1. The molecule has 0 N–H and O–H groups in total. The van der Waals surface area contributed by atoms with E-state index >= 15 is 0 Å². The highest BCUT2D eigenvalue weighted by Crippen LogP contribution is 2.23. The van der Waals surface area contributed by atoms with Crippen molar-refractivity contribution in [3.63, 3.8) is 0 Å². The fourth-order valence-corrected chi connectivity index (χ4v) is 1.40. The van der Waals surface area contributed by atoms with Gasteiger partial charge in [0.05, 0.1) is 12.7 Å². The average molecular weight is 198 g/mol. The third kappa shape index (κ3) is 2.10. The lowest BCUT2D eigenvalue weighted by Gasteiger charge is -2.25. The fourth-order valence-electron chi connectivity index (χ4n) is 1.40. The van der Waals surface area contributed by atoms with Crippen LogP contribution >= 0.6 is 0 Å². The lowest BCUT2D eigenvalue weighted by molar-refractivity contribution is -0.00985. The zero-order chi connectivity index (χ0) is 9.97. The first kappa shape index (κ1) is 9.59. The molecule has 3 heteroatoms. The van der Waals surface area contributed by atoms with Gasteiger partial charge in [-0.1, -0.05) is 0 Å². The van der Waals surface area contributed by atoms with E-state index in [9.17, 15) is 8.78 Å². The van der Waals surface area contributed by atoms with E-state index in [0.717, 1.165) is 25.0 Å². The molecule has 1 aromatic carbocycles. The summed E-state index contributed by atoms with van der Waals surface area (Å²) in [6.45, 7) is 0.175. The predicted octanol–water partition coefficient (Wildman–Crippen LogP) is 3.03. The van der Waals surface area contributed by atoms with Gasteiger partial charge in [0, 0.05) is 5.56 Å². The molecule has 1 aromatic rings. The highest BCUT2D eigenvalue weighted by molar-refractivity contribution is 5.17. The van der Waals surface area contributed by atoms with Crippen molar-refractivity contribution in [1.29, 1.82) is 0 Å². The van der Waals surface area contributed by atoms with E-state index in [1.54, 1.807) is 0 Å². The molecule has 0 radical (unpaired) electrons. The summed E-state index contributed by atoms with van der Waals surface area (Å²) in [4.78, 5) is 0. The van der Waals surface area contributed by atoms with Crippen LogP contribution in [0.3, 0.4) is 0 Å². The lowest BCUT2D eigenvalue weighted by Crippen LogP contribution is -2.21. The van der Waals surface area contributed by atoms with Crippen molar-refractivity contribution in [2.24, 2.45) is 0 Å². The van der Waals surface area contributed by atoms with E-state index in [2.05, 4.69) is 0 Å². The Labute approximate surface area is 81.7 Å². The lowest BCUT2D eigenvalue weighted by atomic mass is 9.96. The van der Waals surface area contributed by atoms with Gasteiger partial charge in [0.15, 0.2) is 0 Å². The minimum atomic E-state index is -0.418. The van der Waals surface area contributed by atoms with E-state index in [-0.39, 0.29) is 12.7 Å². The van der Waals surface area contributed by atoms with Gasteiger partial charge >= 0.3 is 0 Å². The molecule has 14 heavy (non-hydrogen) atoms. The van der Waals surface area contributed by atoms with Crippen LogP contribution in [0.1, 0.15) is 24.8 Å². The summed E-state index contributed by atoms with van der Waals surface area (Å²) in [6.07, 6.45) is 3.50. The van der Waals surface area contributed by atoms with Crippen LogP contribution in [0.5, 0.6) is 0 Å². The molecule has 0 atom stereocenters. The number of hydrogen-bond acceptors (Lipinski definition) is 1. The molecule has 0 heterocycles. The monoisotopic (exact) mass is 198 g/mol. The normalized spacial score (nSPS) is 16.7. The van der Waals surface area contributed by atoms with Crippen molar-refractivity contribution in [2.45, 2.75) is 32.0 Å². The molecule has 0 aromatic heterocycles. The van der Waals surface area contributed by atoms with Crippen LogP contribution in [-0.2, 0) is 11.3 Å². The molecule has 0 unspecified atom stereocenters. The van der Waals surface area contributed by atoms with Crippen LogP contribution in [0.25, 0.3) is 0 Å². The largest absolute Gasteiger partial charge is 0.373 e. The second-order valence-electron chi connectivity index (χ2n) is 3.60. The standard InChI is InChI=1S/C11H12F2O/c12-9-4-5-11(13)8(6-9)7-14-10-2-1-3-10/h4-6,10H,1-3,7H2. The van der Waals surface area contributed by atoms with Crippen molar-refractivity contribution < 1.29 is 13.5 Å². The molecule has 1 fully saturated rings. The maximum atomic E-state index is 13.1. The first-order valence-electron chi connectivity index (χ1n) is 4.81. The molecule has 1 aliphatic rings. The van der Waals surface area contributed by atoms with E-state index in [4.69, 9.17) is 4.74 Å². The Morgan fingerprint density at radius 2 is 2.07 bits per heavy atom. The summed E-state index contributed by atoms with van der Waals surface area (Å²) in [7, 11) is 0. The van der Waals surface area contributed by atoms with Crippen molar-refractivity contribution in [3.05, 3.63) is 35.4 Å². The average Bonchev–Trinajstić information content (AvgIpc) is 2.08. The summed E-state index contributed by atoms with van der Waals surface area (Å²) in [5, 5.41) is 0. The molecule has 0 spiro atoms. The van der Waals surface area contributed by atoms with E-state index in [0.29, 0.717) is 5.56 Å². The van der Waals surface area contributed by atoms with Crippen molar-refractivity contribution in [3.8, 4) is 0 Å². The molecule has 0 saturated heterocycles. The maximum Gasteiger partial charge on any atom is 0.128 e. The van der Waals surface area contributed by atoms with Gasteiger partial charge in [0.2, 0.25) is 0 Å². The fraction of sp³-hybridized carbons (Fsp3) is 0.455. The minimum Gasteiger partial charge on any atom is -0.373 e. The van der Waals surface area contributed by atoms with E-state index in [1.807, 2.05) is 0 Å². The van der Waals surface area contributed by atoms with Crippen LogP contribution in [0.4, 0.5) is 8.78 Å². The van der Waals surface area contributed by atoms with Gasteiger partial charge in [0.25, 0.3) is 0 Å². The molecular formula is C11H12F2O. The molecule has 0 bridgehead atoms. The second-order valence-corrected chi connectivity index (χ2v) is 3.60. The van der Waals surface area contributed by atoms with Crippen LogP contribution in [-0.4, -0.2) is 6.10 Å². The predicted molar refractivity (Wildman–Crippen MR) is 48.8 cm³/mol. The third-order valence-corrected chi connectivity index (χ3v) is 2.53. The van der Waals surface area contributed by atoms with Gasteiger partial charge in [-0.15, -0.1) is 0 Å². The first-order valence-corrected chi connectivity index (χ1v) is 4.81. The molecule has 76 valence electrons. The SMILES string of the molecule is Fc1ccc(F)c(COC2CCC2)c1. The number of halogens is 2. The third-order valence-electron chi connectivity index (χ3n) is 2.53. The Hall–Kier alpha value is -0.960. The Morgan fingerprint density at radius 3 is 2.71 bits per heavy atom. The smallest absolute Gasteiger partial charge is 0.128 e. The van der Waals surface area contributed by atoms with Crippen LogP contribution < -0.4 is 0 Å². The number of rotatable bonds is 3. The zero-order valence-electron chi connectivity index (χ0n) is 7.80. The number of ether oxygens (including phenoxy) is 1. The molecule has 1 saturated carbocycles. The van der Waals surface area contributed by atoms with Gasteiger partial charge in [-0.25, -0.2) is 8.78 Å². The summed E-state index contributed by atoms with van der Waals surface area (Å²) < 4.78 is 31.2. The van der Waals surface area contributed by atoms with Gasteiger partial charge < -0.3 is 4.74 Å². The van der Waals surface area contributed by atoms with Crippen LogP contribution in [0.15, 0.2) is 18.2 Å². The maximum absolute atomic E-state index is 13.1. The van der Waals surface area contributed by atoms with Gasteiger partial charge in [-0.3, -0.25) is 0 Å². The highest BCUT2D eigenvalue weighted by Gasteiger charge is 2.18. The van der Waals surface area contributed by atoms with Gasteiger partial charge in [0.1, 0.15) is 11.6 Å². The van der Waals surface area contributed by atoms with Crippen LogP contribution in [0, 0.1) is 11.6 Å². The molecule has 0 aliphatic heterocycles. The zero-order valence-corrected chi connectivity index (χ0v) is 7.80. The van der Waals surface area contributed by atoms with E-state index < -0.39 is 11.6 Å². The Bertz CT molecular complexity index is 321. The molecule has 1 nitrogen and oxygen atoms in total. The molecule has 1 aliphatic carbocycles. The Morgan fingerprint density at radius 1 is 1.29 bits per heavy atom. The molecule has 2 rings (SSSR count).